The second-order valence-electron chi connectivity index (χ2n) is 7.87. The fraction of sp³-hybridized carbons (Fsp3) is 0.200. The maximum Gasteiger partial charge on any atom is 0.251 e. The van der Waals surface area contributed by atoms with Crippen molar-refractivity contribution in [3.63, 3.8) is 0 Å². The fourth-order valence-corrected chi connectivity index (χ4v) is 4.79. The highest BCUT2D eigenvalue weighted by Gasteiger charge is 2.26. The molecule has 0 aliphatic carbocycles. The zero-order valence-corrected chi connectivity index (χ0v) is 19.5. The molecule has 0 bridgehead atoms. The number of rotatable bonds is 7. The number of hydrogen-bond donors (Lipinski definition) is 3. The lowest BCUT2D eigenvalue weighted by atomic mass is 10.1. The van der Waals surface area contributed by atoms with Crippen LogP contribution < -0.4 is 16.0 Å². The molecule has 8 heteroatoms. The van der Waals surface area contributed by atoms with Crippen molar-refractivity contribution in [3.8, 4) is 0 Å². The molecule has 33 heavy (non-hydrogen) atoms. The summed E-state index contributed by atoms with van der Waals surface area (Å²) in [5.74, 6) is 0.329. The summed E-state index contributed by atoms with van der Waals surface area (Å²) in [5, 5.41) is 9.39. The summed E-state index contributed by atoms with van der Waals surface area (Å²) in [6.07, 6.45) is 0. The molecule has 0 aromatic heterocycles. The highest BCUT2D eigenvalue weighted by Crippen LogP contribution is 2.30. The second-order valence-corrected chi connectivity index (χ2v) is 9.30. The SMILES string of the molecule is Cc1ccc(CNC(=O)c2ccc3c(c2)NC(=O)[C@@H](CSCc2ccc(F)cc2Cl)N3)cc1. The van der Waals surface area contributed by atoms with Crippen LogP contribution in [0.2, 0.25) is 5.02 Å². The molecule has 4 rings (SSSR count). The number of thioether (sulfide) groups is 1. The number of benzene rings is 3. The lowest BCUT2D eigenvalue weighted by Gasteiger charge is -2.27. The van der Waals surface area contributed by atoms with Gasteiger partial charge in [0, 0.05) is 28.6 Å². The molecular weight excluding hydrogens is 461 g/mol. The van der Waals surface area contributed by atoms with E-state index in [2.05, 4.69) is 16.0 Å². The molecule has 5 nitrogen and oxygen atoms in total. The summed E-state index contributed by atoms with van der Waals surface area (Å²) in [6, 6.07) is 17.1. The lowest BCUT2D eigenvalue weighted by Crippen LogP contribution is -2.40. The van der Waals surface area contributed by atoms with Crippen molar-refractivity contribution >= 4 is 46.6 Å². The van der Waals surface area contributed by atoms with Gasteiger partial charge in [-0.1, -0.05) is 47.5 Å². The van der Waals surface area contributed by atoms with Gasteiger partial charge in [0.15, 0.2) is 0 Å². The van der Waals surface area contributed by atoms with E-state index in [-0.39, 0.29) is 17.6 Å². The first kappa shape index (κ1) is 23.1. The molecule has 1 aliphatic heterocycles. The minimum absolute atomic E-state index is 0.169. The highest BCUT2D eigenvalue weighted by molar-refractivity contribution is 7.98. The van der Waals surface area contributed by atoms with Gasteiger partial charge in [0.25, 0.3) is 5.91 Å². The van der Waals surface area contributed by atoms with Gasteiger partial charge in [-0.25, -0.2) is 4.39 Å². The standard InChI is InChI=1S/C25H23ClFN3O2S/c1-15-2-4-16(5-3-15)12-28-24(31)17-7-9-21-22(10-17)30-25(32)23(29-21)14-33-13-18-6-8-19(27)11-20(18)26/h2-11,23,29H,12-14H2,1H3,(H,28,31)(H,30,32)/t23-/m1/s1. The Bertz CT molecular complexity index is 1190. The molecule has 0 spiro atoms. The number of halogens is 2. The topological polar surface area (TPSA) is 70.2 Å². The largest absolute Gasteiger partial charge is 0.371 e. The van der Waals surface area contributed by atoms with Crippen LogP contribution in [0.5, 0.6) is 0 Å². The minimum atomic E-state index is -0.428. The van der Waals surface area contributed by atoms with E-state index in [1.807, 2.05) is 31.2 Å². The van der Waals surface area contributed by atoms with Gasteiger partial charge in [0.1, 0.15) is 11.9 Å². The first-order valence-corrected chi connectivity index (χ1v) is 12.0. The zero-order valence-electron chi connectivity index (χ0n) is 18.0. The van der Waals surface area contributed by atoms with Gasteiger partial charge in [-0.2, -0.15) is 11.8 Å². The van der Waals surface area contributed by atoms with E-state index < -0.39 is 6.04 Å². The van der Waals surface area contributed by atoms with Gasteiger partial charge < -0.3 is 16.0 Å². The van der Waals surface area contributed by atoms with Crippen LogP contribution in [0.15, 0.2) is 60.7 Å². The van der Waals surface area contributed by atoms with Gasteiger partial charge in [0.05, 0.1) is 11.4 Å². The molecule has 3 N–H and O–H groups in total. The summed E-state index contributed by atoms with van der Waals surface area (Å²) in [7, 11) is 0. The predicted octanol–water partition coefficient (Wildman–Crippen LogP) is 5.38. The molecule has 0 unspecified atom stereocenters. The quantitative estimate of drug-likeness (QED) is 0.422. The number of amides is 2. The van der Waals surface area contributed by atoms with Crippen LogP contribution in [0.3, 0.4) is 0 Å². The smallest absolute Gasteiger partial charge is 0.251 e. The Hall–Kier alpha value is -3.03. The minimum Gasteiger partial charge on any atom is -0.371 e. The molecule has 3 aromatic rings. The van der Waals surface area contributed by atoms with Crippen LogP contribution in [-0.4, -0.2) is 23.6 Å². The Morgan fingerprint density at radius 3 is 2.64 bits per heavy atom. The second kappa shape index (κ2) is 10.3. The van der Waals surface area contributed by atoms with Crippen LogP contribution >= 0.6 is 23.4 Å². The maximum absolute atomic E-state index is 13.2. The molecule has 2 amide bonds. The predicted molar refractivity (Wildman–Crippen MR) is 132 cm³/mol. The van der Waals surface area contributed by atoms with E-state index in [0.29, 0.717) is 34.3 Å². The highest BCUT2D eigenvalue weighted by atomic mass is 35.5. The van der Waals surface area contributed by atoms with Crippen molar-refractivity contribution < 1.29 is 14.0 Å². The normalized spacial score (nSPS) is 14.8. The number of carbonyl (C=O) groups excluding carboxylic acids is 2. The van der Waals surface area contributed by atoms with Crippen LogP contribution in [-0.2, 0) is 17.1 Å². The number of carbonyl (C=O) groups is 2. The van der Waals surface area contributed by atoms with Crippen LogP contribution in [0.1, 0.15) is 27.0 Å². The van der Waals surface area contributed by atoms with E-state index in [4.69, 9.17) is 11.6 Å². The molecule has 170 valence electrons. The number of aryl methyl sites for hydroxylation is 1. The summed E-state index contributed by atoms with van der Waals surface area (Å²) in [5.41, 5.74) is 4.81. The molecule has 0 saturated heterocycles. The molecule has 1 atom stereocenters. The molecule has 3 aromatic carbocycles. The lowest BCUT2D eigenvalue weighted by molar-refractivity contribution is -0.116. The van der Waals surface area contributed by atoms with Crippen LogP contribution in [0.25, 0.3) is 0 Å². The number of hydrogen-bond acceptors (Lipinski definition) is 4. The van der Waals surface area contributed by atoms with Crippen molar-refractivity contribution in [2.75, 3.05) is 16.4 Å². The van der Waals surface area contributed by atoms with Crippen molar-refractivity contribution in [1.29, 1.82) is 0 Å². The first-order chi connectivity index (χ1) is 15.9. The third-order valence-corrected chi connectivity index (χ3v) is 6.75. The van der Waals surface area contributed by atoms with Crippen molar-refractivity contribution in [2.24, 2.45) is 0 Å². The summed E-state index contributed by atoms with van der Waals surface area (Å²) in [6.45, 7) is 2.44. The Labute approximate surface area is 201 Å². The maximum atomic E-state index is 13.2. The van der Waals surface area contributed by atoms with Gasteiger partial charge in [-0.3, -0.25) is 9.59 Å². The van der Waals surface area contributed by atoms with Crippen molar-refractivity contribution in [2.45, 2.75) is 25.3 Å². The van der Waals surface area contributed by atoms with E-state index in [1.165, 1.54) is 29.5 Å². The third-order valence-electron chi connectivity index (χ3n) is 5.32. The Morgan fingerprint density at radius 1 is 1.09 bits per heavy atom. The molecule has 0 radical (unpaired) electrons. The van der Waals surface area contributed by atoms with E-state index >= 15 is 0 Å². The van der Waals surface area contributed by atoms with Gasteiger partial charge in [-0.05, 0) is 48.4 Å². The summed E-state index contributed by atoms with van der Waals surface area (Å²) < 4.78 is 13.2. The molecule has 0 saturated carbocycles. The number of nitrogens with one attached hydrogen (secondary N) is 3. The monoisotopic (exact) mass is 483 g/mol. The molecular formula is C25H23ClFN3O2S. The first-order valence-electron chi connectivity index (χ1n) is 10.5. The van der Waals surface area contributed by atoms with Gasteiger partial charge >= 0.3 is 0 Å². The van der Waals surface area contributed by atoms with Gasteiger partial charge in [0.2, 0.25) is 5.91 Å². The van der Waals surface area contributed by atoms with Crippen molar-refractivity contribution in [3.05, 3.63) is 93.8 Å². The van der Waals surface area contributed by atoms with Crippen LogP contribution in [0.4, 0.5) is 15.8 Å². The van der Waals surface area contributed by atoms with Crippen LogP contribution in [0, 0.1) is 12.7 Å². The Morgan fingerprint density at radius 2 is 1.88 bits per heavy atom. The summed E-state index contributed by atoms with van der Waals surface area (Å²) in [4.78, 5) is 25.1. The summed E-state index contributed by atoms with van der Waals surface area (Å²) >= 11 is 7.60. The van der Waals surface area contributed by atoms with Crippen molar-refractivity contribution in [1.82, 2.24) is 5.32 Å². The van der Waals surface area contributed by atoms with Gasteiger partial charge in [-0.15, -0.1) is 0 Å². The third kappa shape index (κ3) is 5.86. The number of anilines is 2. The Kier molecular flexibility index (Phi) is 7.20. The molecule has 1 aliphatic rings. The zero-order chi connectivity index (χ0) is 23.4. The average Bonchev–Trinajstić information content (AvgIpc) is 2.80. The molecule has 1 heterocycles. The van der Waals surface area contributed by atoms with E-state index in [0.717, 1.165) is 16.8 Å². The fourth-order valence-electron chi connectivity index (χ4n) is 3.42. The average molecular weight is 484 g/mol. The number of fused-ring (bicyclic) bond motifs is 1. The Balaban J connectivity index is 1.33. The van der Waals surface area contributed by atoms with E-state index in [9.17, 15) is 14.0 Å². The molecule has 0 fully saturated rings. The van der Waals surface area contributed by atoms with E-state index in [1.54, 1.807) is 24.3 Å².